The van der Waals surface area contributed by atoms with E-state index in [1.54, 1.807) is 0 Å². The number of hydrogen-bond acceptors (Lipinski definition) is 1. The topological polar surface area (TPSA) is 23.8 Å². The molecule has 0 unspecified atom stereocenters. The number of unbranched alkanes of at least 4 members (excludes halogenated alkanes) is 4. The average Bonchev–Trinajstić information content (AvgIpc) is 2.56. The molecule has 0 amide bonds. The predicted molar refractivity (Wildman–Crippen MR) is 94.5 cm³/mol. The first-order valence-electron chi connectivity index (χ1n) is 10.1. The van der Waals surface area contributed by atoms with Crippen molar-refractivity contribution in [3.63, 3.8) is 0 Å². The van der Waals surface area contributed by atoms with E-state index in [1.165, 1.54) is 77.0 Å². The highest BCUT2D eigenvalue weighted by atomic mass is 14.4. The zero-order valence-corrected chi connectivity index (χ0v) is 15.1. The molecule has 0 bridgehead atoms. The zero-order valence-electron chi connectivity index (χ0n) is 15.1. The lowest BCUT2D eigenvalue weighted by Crippen LogP contribution is -2.29. The van der Waals surface area contributed by atoms with Gasteiger partial charge in [-0.05, 0) is 63.2 Å². The van der Waals surface area contributed by atoms with Crippen LogP contribution in [0.2, 0.25) is 0 Å². The van der Waals surface area contributed by atoms with Gasteiger partial charge in [-0.3, -0.25) is 0 Å². The van der Waals surface area contributed by atoms with Crippen LogP contribution in [-0.4, -0.2) is 0 Å². The van der Waals surface area contributed by atoms with E-state index in [2.05, 4.69) is 19.9 Å². The van der Waals surface area contributed by atoms with Crippen molar-refractivity contribution in [1.82, 2.24) is 0 Å². The standard InChI is InChI=1S/C21H37N/c1-3-4-5-6-7-8-18-9-11-19(12-10-18)20-13-15-21(2,17-22)16-14-20/h18-20H,3-16H2,1-2H3/t18?,19?,20-,21-. The van der Waals surface area contributed by atoms with Crippen LogP contribution >= 0.6 is 0 Å². The summed E-state index contributed by atoms with van der Waals surface area (Å²) in [4.78, 5) is 0. The van der Waals surface area contributed by atoms with E-state index in [9.17, 15) is 5.26 Å². The highest BCUT2D eigenvalue weighted by Crippen LogP contribution is 2.45. The summed E-state index contributed by atoms with van der Waals surface area (Å²) < 4.78 is 0. The lowest BCUT2D eigenvalue weighted by molar-refractivity contribution is 0.127. The molecule has 2 fully saturated rings. The molecule has 0 radical (unpaired) electrons. The fraction of sp³-hybridized carbons (Fsp3) is 0.952. The van der Waals surface area contributed by atoms with E-state index in [-0.39, 0.29) is 5.41 Å². The van der Waals surface area contributed by atoms with Gasteiger partial charge < -0.3 is 0 Å². The molecule has 0 spiro atoms. The molecular weight excluding hydrogens is 266 g/mol. The van der Waals surface area contributed by atoms with Crippen LogP contribution in [-0.2, 0) is 0 Å². The lowest BCUT2D eigenvalue weighted by atomic mass is 9.65. The van der Waals surface area contributed by atoms with Gasteiger partial charge in [0.15, 0.2) is 0 Å². The van der Waals surface area contributed by atoms with Crippen molar-refractivity contribution in [1.29, 1.82) is 5.26 Å². The smallest absolute Gasteiger partial charge is 0.0686 e. The van der Waals surface area contributed by atoms with Gasteiger partial charge in [0.05, 0.1) is 11.5 Å². The van der Waals surface area contributed by atoms with Crippen molar-refractivity contribution in [3.05, 3.63) is 0 Å². The number of hydrogen-bond donors (Lipinski definition) is 0. The minimum absolute atomic E-state index is 0.00775. The monoisotopic (exact) mass is 303 g/mol. The van der Waals surface area contributed by atoms with Crippen molar-refractivity contribution in [2.75, 3.05) is 0 Å². The van der Waals surface area contributed by atoms with Crippen LogP contribution in [0.1, 0.15) is 104 Å². The highest BCUT2D eigenvalue weighted by Gasteiger charge is 2.35. The van der Waals surface area contributed by atoms with Gasteiger partial charge in [-0.1, -0.05) is 58.3 Å². The maximum atomic E-state index is 9.27. The van der Waals surface area contributed by atoms with Crippen molar-refractivity contribution in [3.8, 4) is 6.07 Å². The molecule has 0 saturated heterocycles. The van der Waals surface area contributed by atoms with Crippen LogP contribution in [0.25, 0.3) is 0 Å². The van der Waals surface area contributed by atoms with Gasteiger partial charge in [-0.25, -0.2) is 0 Å². The molecule has 0 aromatic carbocycles. The summed E-state index contributed by atoms with van der Waals surface area (Å²) in [7, 11) is 0. The van der Waals surface area contributed by atoms with Crippen LogP contribution in [0.4, 0.5) is 0 Å². The second kappa shape index (κ2) is 8.95. The molecule has 0 atom stereocenters. The maximum Gasteiger partial charge on any atom is 0.0686 e. The van der Waals surface area contributed by atoms with Gasteiger partial charge in [0, 0.05) is 0 Å². The van der Waals surface area contributed by atoms with E-state index >= 15 is 0 Å². The molecule has 2 saturated carbocycles. The third kappa shape index (κ3) is 5.29. The summed E-state index contributed by atoms with van der Waals surface area (Å²) in [5, 5.41) is 9.27. The van der Waals surface area contributed by atoms with E-state index < -0.39 is 0 Å². The fourth-order valence-corrected chi connectivity index (χ4v) is 4.85. The average molecular weight is 304 g/mol. The minimum atomic E-state index is -0.00775. The Balaban J connectivity index is 1.60. The molecule has 126 valence electrons. The Morgan fingerprint density at radius 3 is 2.05 bits per heavy atom. The minimum Gasteiger partial charge on any atom is -0.198 e. The Morgan fingerprint density at radius 1 is 0.864 bits per heavy atom. The second-order valence-corrected chi connectivity index (χ2v) is 8.49. The summed E-state index contributed by atoms with van der Waals surface area (Å²) >= 11 is 0. The molecule has 0 N–H and O–H groups in total. The molecule has 0 aromatic rings. The zero-order chi connectivity index (χ0) is 15.8. The second-order valence-electron chi connectivity index (χ2n) is 8.49. The first-order chi connectivity index (χ1) is 10.7. The Morgan fingerprint density at radius 2 is 1.45 bits per heavy atom. The maximum absolute atomic E-state index is 9.27. The Kier molecular flexibility index (Phi) is 7.26. The predicted octanol–water partition coefficient (Wildman–Crippen LogP) is 6.87. The summed E-state index contributed by atoms with van der Waals surface area (Å²) in [6.07, 6.45) is 19.5. The van der Waals surface area contributed by atoms with Crippen LogP contribution in [0.15, 0.2) is 0 Å². The van der Waals surface area contributed by atoms with E-state index in [4.69, 9.17) is 0 Å². The largest absolute Gasteiger partial charge is 0.198 e. The van der Waals surface area contributed by atoms with Crippen LogP contribution < -0.4 is 0 Å². The quantitative estimate of drug-likeness (QED) is 0.470. The molecule has 2 aliphatic rings. The molecule has 1 nitrogen and oxygen atoms in total. The number of nitrogens with zero attached hydrogens (tertiary/aromatic N) is 1. The fourth-order valence-electron chi connectivity index (χ4n) is 4.85. The molecule has 0 aromatic heterocycles. The first-order valence-corrected chi connectivity index (χ1v) is 10.1. The molecular formula is C21H37N. The molecule has 0 heterocycles. The van der Waals surface area contributed by atoms with Crippen LogP contribution in [0.3, 0.4) is 0 Å². The first kappa shape index (κ1) is 17.8. The molecule has 1 heteroatoms. The van der Waals surface area contributed by atoms with E-state index in [0.717, 1.165) is 30.6 Å². The van der Waals surface area contributed by atoms with Crippen LogP contribution in [0, 0.1) is 34.5 Å². The highest BCUT2D eigenvalue weighted by molar-refractivity contribution is 4.99. The number of rotatable bonds is 7. The van der Waals surface area contributed by atoms with Gasteiger partial charge >= 0.3 is 0 Å². The van der Waals surface area contributed by atoms with Crippen molar-refractivity contribution in [2.45, 2.75) is 104 Å². The Bertz CT molecular complexity index is 337. The van der Waals surface area contributed by atoms with Crippen molar-refractivity contribution >= 4 is 0 Å². The van der Waals surface area contributed by atoms with Gasteiger partial charge in [0.1, 0.15) is 0 Å². The van der Waals surface area contributed by atoms with Crippen LogP contribution in [0.5, 0.6) is 0 Å². The van der Waals surface area contributed by atoms with Gasteiger partial charge in [0.25, 0.3) is 0 Å². The SMILES string of the molecule is CCCCCCCC1CCC([C@H]2CC[C@](C)(C#N)CC2)CC1. The molecule has 2 rings (SSSR count). The van der Waals surface area contributed by atoms with Gasteiger partial charge in [-0.15, -0.1) is 0 Å². The summed E-state index contributed by atoms with van der Waals surface area (Å²) in [6.45, 7) is 4.46. The Labute approximate surface area is 138 Å². The van der Waals surface area contributed by atoms with Gasteiger partial charge in [-0.2, -0.15) is 5.26 Å². The summed E-state index contributed by atoms with van der Waals surface area (Å²) in [5.41, 5.74) is -0.00775. The van der Waals surface area contributed by atoms with Crippen molar-refractivity contribution < 1.29 is 0 Å². The van der Waals surface area contributed by atoms with E-state index in [1.807, 2.05) is 0 Å². The molecule has 22 heavy (non-hydrogen) atoms. The third-order valence-electron chi connectivity index (χ3n) is 6.68. The summed E-state index contributed by atoms with van der Waals surface area (Å²) in [6, 6.07) is 2.55. The normalized spacial score (nSPS) is 36.0. The van der Waals surface area contributed by atoms with Crippen molar-refractivity contribution in [2.24, 2.45) is 23.2 Å². The summed E-state index contributed by atoms with van der Waals surface area (Å²) in [5.74, 6) is 2.96. The number of nitriles is 1. The molecule has 0 aliphatic heterocycles. The van der Waals surface area contributed by atoms with E-state index in [0.29, 0.717) is 0 Å². The lowest BCUT2D eigenvalue weighted by Gasteiger charge is -2.39. The third-order valence-corrected chi connectivity index (χ3v) is 6.68. The Hall–Kier alpha value is -0.510. The molecule has 2 aliphatic carbocycles. The van der Waals surface area contributed by atoms with Gasteiger partial charge in [0.2, 0.25) is 0 Å².